The first-order chi connectivity index (χ1) is 11.7. The molecule has 0 aliphatic heterocycles. The average Bonchev–Trinajstić information content (AvgIpc) is 3.39. The molecule has 5 nitrogen and oxygen atoms in total. The van der Waals surface area contributed by atoms with Gasteiger partial charge in [-0.3, -0.25) is 4.79 Å². The Morgan fingerprint density at radius 3 is 2.54 bits per heavy atom. The van der Waals surface area contributed by atoms with Gasteiger partial charge in [-0.1, -0.05) is 24.3 Å². The largest absolute Gasteiger partial charge is 0.489 e. The lowest BCUT2D eigenvalue weighted by Gasteiger charge is -2.08. The Morgan fingerprint density at radius 1 is 1.21 bits per heavy atom. The summed E-state index contributed by atoms with van der Waals surface area (Å²) in [5, 5.41) is 8.78. The SMILES string of the molecule is CC(=O)ONC1CC1c1ccc(OCc2ccc(C#N)cc2)cc1. The second kappa shape index (κ2) is 7.16. The fourth-order valence-electron chi connectivity index (χ4n) is 2.51. The summed E-state index contributed by atoms with van der Waals surface area (Å²) in [6, 6.07) is 17.6. The zero-order chi connectivity index (χ0) is 16.9. The summed E-state index contributed by atoms with van der Waals surface area (Å²) < 4.78 is 5.76. The summed E-state index contributed by atoms with van der Waals surface area (Å²) >= 11 is 0. The minimum Gasteiger partial charge on any atom is -0.489 e. The molecule has 2 atom stereocenters. The fourth-order valence-corrected chi connectivity index (χ4v) is 2.51. The predicted molar refractivity (Wildman–Crippen MR) is 88.0 cm³/mol. The molecule has 0 aromatic heterocycles. The van der Waals surface area contributed by atoms with E-state index in [0.29, 0.717) is 18.1 Å². The van der Waals surface area contributed by atoms with Gasteiger partial charge in [-0.2, -0.15) is 5.26 Å². The summed E-state index contributed by atoms with van der Waals surface area (Å²) in [6.07, 6.45) is 0.957. The Morgan fingerprint density at radius 2 is 1.92 bits per heavy atom. The fraction of sp³-hybridized carbons (Fsp3) is 0.263. The summed E-state index contributed by atoms with van der Waals surface area (Å²) in [6.45, 7) is 1.84. The van der Waals surface area contributed by atoms with E-state index < -0.39 is 0 Å². The van der Waals surface area contributed by atoms with Crippen molar-refractivity contribution in [3.8, 4) is 11.8 Å². The van der Waals surface area contributed by atoms with Gasteiger partial charge in [0.25, 0.3) is 0 Å². The number of rotatable bonds is 6. The van der Waals surface area contributed by atoms with E-state index in [0.717, 1.165) is 17.7 Å². The number of benzene rings is 2. The first-order valence-corrected chi connectivity index (χ1v) is 7.80. The van der Waals surface area contributed by atoms with E-state index in [1.165, 1.54) is 12.5 Å². The number of carbonyl (C=O) groups excluding carboxylic acids is 1. The molecule has 2 aromatic carbocycles. The number of hydrogen-bond donors (Lipinski definition) is 1. The van der Waals surface area contributed by atoms with Crippen molar-refractivity contribution in [1.82, 2.24) is 5.48 Å². The van der Waals surface area contributed by atoms with Crippen molar-refractivity contribution in [3.63, 3.8) is 0 Å². The highest BCUT2D eigenvalue weighted by Crippen LogP contribution is 2.41. The maximum absolute atomic E-state index is 10.8. The van der Waals surface area contributed by atoms with Crippen molar-refractivity contribution in [1.29, 1.82) is 5.26 Å². The zero-order valence-electron chi connectivity index (χ0n) is 13.4. The van der Waals surface area contributed by atoms with Crippen molar-refractivity contribution in [3.05, 3.63) is 65.2 Å². The van der Waals surface area contributed by atoms with Crippen LogP contribution in [0, 0.1) is 11.3 Å². The normalized spacial score (nSPS) is 18.5. The van der Waals surface area contributed by atoms with Gasteiger partial charge in [0.05, 0.1) is 17.7 Å². The van der Waals surface area contributed by atoms with E-state index in [1.54, 1.807) is 12.1 Å². The number of hydroxylamine groups is 1. The minimum atomic E-state index is -0.327. The highest BCUT2D eigenvalue weighted by atomic mass is 16.7. The molecule has 5 heteroatoms. The quantitative estimate of drug-likeness (QED) is 0.828. The van der Waals surface area contributed by atoms with Crippen LogP contribution < -0.4 is 10.2 Å². The second-order valence-corrected chi connectivity index (χ2v) is 5.83. The Balaban J connectivity index is 1.50. The van der Waals surface area contributed by atoms with E-state index >= 15 is 0 Å². The number of nitrogens with zero attached hydrogens (tertiary/aromatic N) is 1. The van der Waals surface area contributed by atoms with E-state index in [4.69, 9.17) is 14.8 Å². The summed E-state index contributed by atoms with van der Waals surface area (Å²) in [5.41, 5.74) is 5.63. The molecule has 3 rings (SSSR count). The number of ether oxygens (including phenoxy) is 1. The van der Waals surface area contributed by atoms with Crippen LogP contribution in [0.5, 0.6) is 5.75 Å². The van der Waals surface area contributed by atoms with E-state index in [2.05, 4.69) is 11.5 Å². The van der Waals surface area contributed by atoms with Gasteiger partial charge in [0.2, 0.25) is 0 Å². The van der Waals surface area contributed by atoms with Gasteiger partial charge in [0.1, 0.15) is 12.4 Å². The van der Waals surface area contributed by atoms with Crippen LogP contribution in [0.1, 0.15) is 36.0 Å². The van der Waals surface area contributed by atoms with Crippen molar-refractivity contribution >= 4 is 5.97 Å². The van der Waals surface area contributed by atoms with Gasteiger partial charge in [0, 0.05) is 12.8 Å². The van der Waals surface area contributed by atoms with Crippen LogP contribution in [-0.4, -0.2) is 12.0 Å². The lowest BCUT2D eigenvalue weighted by molar-refractivity contribution is -0.148. The van der Waals surface area contributed by atoms with Gasteiger partial charge in [-0.05, 0) is 41.8 Å². The Kier molecular flexibility index (Phi) is 4.78. The molecule has 2 aromatic rings. The summed E-state index contributed by atoms with van der Waals surface area (Å²) in [5.74, 6) is 0.845. The maximum Gasteiger partial charge on any atom is 0.321 e. The molecule has 24 heavy (non-hydrogen) atoms. The van der Waals surface area contributed by atoms with Gasteiger partial charge >= 0.3 is 5.97 Å². The van der Waals surface area contributed by atoms with Crippen molar-refractivity contribution < 1.29 is 14.4 Å². The van der Waals surface area contributed by atoms with Crippen LogP contribution >= 0.6 is 0 Å². The monoisotopic (exact) mass is 322 g/mol. The molecule has 1 aliphatic carbocycles. The van der Waals surface area contributed by atoms with E-state index in [9.17, 15) is 4.79 Å². The summed E-state index contributed by atoms with van der Waals surface area (Å²) in [7, 11) is 0. The van der Waals surface area contributed by atoms with Crippen molar-refractivity contribution in [2.75, 3.05) is 0 Å². The number of nitriles is 1. The molecule has 0 amide bonds. The standard InChI is InChI=1S/C19H18N2O3/c1-13(22)24-21-19-10-18(19)16-6-8-17(9-7-16)23-12-15-4-2-14(11-20)3-5-15/h2-9,18-19,21H,10,12H2,1H3. The third-order valence-corrected chi connectivity index (χ3v) is 3.94. The highest BCUT2D eigenvalue weighted by molar-refractivity contribution is 5.65. The molecule has 1 aliphatic rings. The van der Waals surface area contributed by atoms with Crippen LogP contribution in [0.3, 0.4) is 0 Å². The Labute approximate surface area is 140 Å². The Bertz CT molecular complexity index is 748. The molecule has 1 fully saturated rings. The topological polar surface area (TPSA) is 71.3 Å². The van der Waals surface area contributed by atoms with Gasteiger partial charge in [-0.15, -0.1) is 5.48 Å². The molecular weight excluding hydrogens is 304 g/mol. The van der Waals surface area contributed by atoms with Crippen molar-refractivity contribution in [2.45, 2.75) is 31.9 Å². The van der Waals surface area contributed by atoms with Crippen molar-refractivity contribution in [2.24, 2.45) is 0 Å². The second-order valence-electron chi connectivity index (χ2n) is 5.83. The molecule has 0 radical (unpaired) electrons. The number of hydrogen-bond acceptors (Lipinski definition) is 5. The molecule has 0 heterocycles. The maximum atomic E-state index is 10.8. The van der Waals surface area contributed by atoms with Crippen LogP contribution in [0.2, 0.25) is 0 Å². The van der Waals surface area contributed by atoms with Crippen LogP contribution in [0.15, 0.2) is 48.5 Å². The molecule has 0 bridgehead atoms. The highest BCUT2D eigenvalue weighted by Gasteiger charge is 2.39. The van der Waals surface area contributed by atoms with E-state index in [-0.39, 0.29) is 12.0 Å². The zero-order valence-corrected chi connectivity index (χ0v) is 13.4. The van der Waals surface area contributed by atoms with Gasteiger partial charge in [-0.25, -0.2) is 0 Å². The third-order valence-electron chi connectivity index (χ3n) is 3.94. The summed E-state index contributed by atoms with van der Waals surface area (Å²) in [4.78, 5) is 15.6. The average molecular weight is 322 g/mol. The molecule has 0 saturated heterocycles. The van der Waals surface area contributed by atoms with E-state index in [1.807, 2.05) is 36.4 Å². The van der Waals surface area contributed by atoms with Crippen LogP contribution in [-0.2, 0) is 16.2 Å². The molecule has 0 spiro atoms. The van der Waals surface area contributed by atoms with Crippen LogP contribution in [0.4, 0.5) is 0 Å². The lowest BCUT2D eigenvalue weighted by Crippen LogP contribution is -2.21. The molecule has 122 valence electrons. The first-order valence-electron chi connectivity index (χ1n) is 7.80. The number of nitrogens with one attached hydrogen (secondary N) is 1. The lowest BCUT2D eigenvalue weighted by atomic mass is 10.1. The minimum absolute atomic E-state index is 0.194. The molecule has 2 unspecified atom stereocenters. The van der Waals surface area contributed by atoms with Gasteiger partial charge in [0.15, 0.2) is 0 Å². The first kappa shape index (κ1) is 16.0. The Hall–Kier alpha value is -2.84. The third kappa shape index (κ3) is 4.12. The molecule has 1 saturated carbocycles. The van der Waals surface area contributed by atoms with Gasteiger partial charge < -0.3 is 9.57 Å². The molecular formula is C19H18N2O3. The number of carbonyl (C=O) groups is 1. The molecule has 1 N–H and O–H groups in total. The predicted octanol–water partition coefficient (Wildman–Crippen LogP) is 3.06. The smallest absolute Gasteiger partial charge is 0.321 e. The van der Waals surface area contributed by atoms with Crippen LogP contribution in [0.25, 0.3) is 0 Å².